The van der Waals surface area contributed by atoms with Gasteiger partial charge in [-0.1, -0.05) is 38.0 Å². The maximum Gasteiger partial charge on any atom is 0.303 e. The van der Waals surface area contributed by atoms with E-state index in [-0.39, 0.29) is 6.42 Å². The summed E-state index contributed by atoms with van der Waals surface area (Å²) in [5.74, 6) is -0.712. The van der Waals surface area contributed by atoms with Crippen molar-refractivity contribution in [3.8, 4) is 0 Å². The summed E-state index contributed by atoms with van der Waals surface area (Å²) in [7, 11) is 0. The largest absolute Gasteiger partial charge is 0.481 e. The zero-order chi connectivity index (χ0) is 13.2. The molecule has 18 heavy (non-hydrogen) atoms. The van der Waals surface area contributed by atoms with E-state index < -0.39 is 5.97 Å². The van der Waals surface area contributed by atoms with E-state index in [1.807, 2.05) is 18.2 Å². The molecule has 0 atom stereocenters. The number of unbranched alkanes of at least 4 members (excludes halogenated alkanes) is 2. The van der Waals surface area contributed by atoms with Crippen LogP contribution in [0.3, 0.4) is 0 Å². The number of benzene rings is 1. The molecule has 0 saturated heterocycles. The average molecular weight is 249 g/mol. The van der Waals surface area contributed by atoms with Gasteiger partial charge in [-0.3, -0.25) is 4.79 Å². The molecule has 0 heterocycles. The first-order valence-corrected chi connectivity index (χ1v) is 6.76. The van der Waals surface area contributed by atoms with Gasteiger partial charge in [-0.05, 0) is 25.0 Å². The van der Waals surface area contributed by atoms with Gasteiger partial charge in [0.15, 0.2) is 0 Å². The number of hydrogen-bond acceptors (Lipinski definition) is 2. The molecular weight excluding hydrogens is 226 g/mol. The highest BCUT2D eigenvalue weighted by molar-refractivity contribution is 5.66. The summed E-state index contributed by atoms with van der Waals surface area (Å²) >= 11 is 0. The van der Waals surface area contributed by atoms with Crippen molar-refractivity contribution in [2.75, 3.05) is 18.0 Å². The van der Waals surface area contributed by atoms with Crippen LogP contribution in [-0.2, 0) is 4.79 Å². The summed E-state index contributed by atoms with van der Waals surface area (Å²) in [6, 6.07) is 10.2. The monoisotopic (exact) mass is 249 g/mol. The third-order valence-electron chi connectivity index (χ3n) is 2.97. The molecule has 100 valence electrons. The first-order chi connectivity index (χ1) is 8.74. The highest BCUT2D eigenvalue weighted by Crippen LogP contribution is 2.15. The van der Waals surface area contributed by atoms with Crippen molar-refractivity contribution in [3.05, 3.63) is 30.3 Å². The SMILES string of the molecule is CCCCCN(CCCC(=O)O)c1ccccc1. The normalized spacial score (nSPS) is 10.3. The maximum absolute atomic E-state index is 10.6. The second-order valence-corrected chi connectivity index (χ2v) is 4.53. The molecule has 0 radical (unpaired) electrons. The van der Waals surface area contributed by atoms with Crippen LogP contribution < -0.4 is 4.90 Å². The van der Waals surface area contributed by atoms with Crippen molar-refractivity contribution in [2.24, 2.45) is 0 Å². The number of carboxylic acid groups (broad SMARTS) is 1. The number of nitrogens with zero attached hydrogens (tertiary/aromatic N) is 1. The fourth-order valence-electron chi connectivity index (χ4n) is 1.98. The molecule has 0 unspecified atom stereocenters. The lowest BCUT2D eigenvalue weighted by Gasteiger charge is -2.24. The first-order valence-electron chi connectivity index (χ1n) is 6.76. The van der Waals surface area contributed by atoms with Gasteiger partial charge in [-0.2, -0.15) is 0 Å². The van der Waals surface area contributed by atoms with E-state index >= 15 is 0 Å². The Hall–Kier alpha value is -1.51. The lowest BCUT2D eigenvalue weighted by molar-refractivity contribution is -0.137. The van der Waals surface area contributed by atoms with Gasteiger partial charge in [-0.15, -0.1) is 0 Å². The Labute approximate surface area is 109 Å². The fraction of sp³-hybridized carbons (Fsp3) is 0.533. The third-order valence-corrected chi connectivity index (χ3v) is 2.97. The molecule has 0 fully saturated rings. The first kappa shape index (κ1) is 14.6. The van der Waals surface area contributed by atoms with E-state index in [1.54, 1.807) is 0 Å². The lowest BCUT2D eigenvalue weighted by Crippen LogP contribution is -2.26. The van der Waals surface area contributed by atoms with Crippen molar-refractivity contribution >= 4 is 11.7 Å². The van der Waals surface area contributed by atoms with Gasteiger partial charge in [0.05, 0.1) is 0 Å². The summed E-state index contributed by atoms with van der Waals surface area (Å²) in [5, 5.41) is 8.69. The zero-order valence-corrected chi connectivity index (χ0v) is 11.1. The van der Waals surface area contributed by atoms with Crippen LogP contribution in [0.5, 0.6) is 0 Å². The van der Waals surface area contributed by atoms with Gasteiger partial charge >= 0.3 is 5.97 Å². The smallest absolute Gasteiger partial charge is 0.303 e. The topological polar surface area (TPSA) is 40.5 Å². The van der Waals surface area contributed by atoms with Gasteiger partial charge in [-0.25, -0.2) is 0 Å². The van der Waals surface area contributed by atoms with Crippen molar-refractivity contribution in [1.82, 2.24) is 0 Å². The second kappa shape index (κ2) is 8.56. The Morgan fingerprint density at radius 1 is 1.11 bits per heavy atom. The van der Waals surface area contributed by atoms with Crippen LogP contribution in [0.4, 0.5) is 5.69 Å². The Kier molecular flexibility index (Phi) is 6.92. The van der Waals surface area contributed by atoms with Crippen molar-refractivity contribution in [1.29, 1.82) is 0 Å². The van der Waals surface area contributed by atoms with Crippen LogP contribution in [0.15, 0.2) is 30.3 Å². The predicted octanol–water partition coefficient (Wildman–Crippen LogP) is 3.55. The minimum absolute atomic E-state index is 0.247. The van der Waals surface area contributed by atoms with Crippen LogP contribution in [0.1, 0.15) is 39.0 Å². The number of carboxylic acids is 1. The minimum atomic E-state index is -0.712. The number of aliphatic carboxylic acids is 1. The molecule has 1 aromatic carbocycles. The molecule has 1 N–H and O–H groups in total. The van der Waals surface area contributed by atoms with E-state index in [2.05, 4.69) is 24.0 Å². The average Bonchev–Trinajstić information content (AvgIpc) is 2.38. The number of rotatable bonds is 9. The fourth-order valence-corrected chi connectivity index (χ4v) is 1.98. The highest BCUT2D eigenvalue weighted by atomic mass is 16.4. The molecule has 0 aromatic heterocycles. The Bertz CT molecular complexity index is 338. The molecule has 3 nitrogen and oxygen atoms in total. The number of hydrogen-bond donors (Lipinski definition) is 1. The van der Waals surface area contributed by atoms with E-state index in [0.717, 1.165) is 13.1 Å². The molecule has 0 spiro atoms. The van der Waals surface area contributed by atoms with Gasteiger partial charge in [0.2, 0.25) is 0 Å². The summed E-state index contributed by atoms with van der Waals surface area (Å²) in [6.07, 6.45) is 4.55. The molecule has 0 saturated carbocycles. The van der Waals surface area contributed by atoms with E-state index in [0.29, 0.717) is 6.42 Å². The van der Waals surface area contributed by atoms with Crippen molar-refractivity contribution < 1.29 is 9.90 Å². The summed E-state index contributed by atoms with van der Waals surface area (Å²) < 4.78 is 0. The summed E-state index contributed by atoms with van der Waals surface area (Å²) in [6.45, 7) is 4.02. The highest BCUT2D eigenvalue weighted by Gasteiger charge is 2.06. The van der Waals surface area contributed by atoms with E-state index in [1.165, 1.54) is 24.9 Å². The molecule has 0 amide bonds. The molecular formula is C15H23NO2. The van der Waals surface area contributed by atoms with E-state index in [9.17, 15) is 4.79 Å². The Balaban J connectivity index is 2.49. The molecule has 1 aromatic rings. The van der Waals surface area contributed by atoms with Gasteiger partial charge in [0.1, 0.15) is 0 Å². The van der Waals surface area contributed by atoms with Crippen LogP contribution in [0.25, 0.3) is 0 Å². The molecule has 1 rings (SSSR count). The number of anilines is 1. The number of carbonyl (C=O) groups is 1. The summed E-state index contributed by atoms with van der Waals surface area (Å²) in [5.41, 5.74) is 1.19. The molecule has 0 aliphatic heterocycles. The number of para-hydroxylation sites is 1. The minimum Gasteiger partial charge on any atom is -0.481 e. The molecule has 0 bridgehead atoms. The van der Waals surface area contributed by atoms with Crippen LogP contribution in [0, 0.1) is 0 Å². The Morgan fingerprint density at radius 2 is 1.78 bits per heavy atom. The van der Waals surface area contributed by atoms with Gasteiger partial charge < -0.3 is 10.0 Å². The molecule has 0 aliphatic rings. The predicted molar refractivity (Wildman–Crippen MR) is 75.0 cm³/mol. The summed E-state index contributed by atoms with van der Waals surface area (Å²) in [4.78, 5) is 12.8. The standard InChI is InChI=1S/C15H23NO2/c1-2-3-7-12-16(13-8-11-15(17)18)14-9-5-4-6-10-14/h4-6,9-10H,2-3,7-8,11-13H2,1H3,(H,17,18). The second-order valence-electron chi connectivity index (χ2n) is 4.53. The van der Waals surface area contributed by atoms with Crippen LogP contribution in [-0.4, -0.2) is 24.2 Å². The van der Waals surface area contributed by atoms with Gasteiger partial charge in [0.25, 0.3) is 0 Å². The van der Waals surface area contributed by atoms with Crippen LogP contribution >= 0.6 is 0 Å². The molecule has 0 aliphatic carbocycles. The maximum atomic E-state index is 10.6. The molecule has 3 heteroatoms. The Morgan fingerprint density at radius 3 is 2.39 bits per heavy atom. The van der Waals surface area contributed by atoms with Crippen LogP contribution in [0.2, 0.25) is 0 Å². The van der Waals surface area contributed by atoms with E-state index in [4.69, 9.17) is 5.11 Å². The van der Waals surface area contributed by atoms with Gasteiger partial charge in [0, 0.05) is 25.2 Å². The lowest BCUT2D eigenvalue weighted by atomic mass is 10.2. The quantitative estimate of drug-likeness (QED) is 0.680. The van der Waals surface area contributed by atoms with Crippen molar-refractivity contribution in [3.63, 3.8) is 0 Å². The van der Waals surface area contributed by atoms with Crippen molar-refractivity contribution in [2.45, 2.75) is 39.0 Å². The zero-order valence-electron chi connectivity index (χ0n) is 11.1. The third kappa shape index (κ3) is 5.71.